The van der Waals surface area contributed by atoms with Crippen LogP contribution >= 0.6 is 0 Å². The molecule has 0 aromatic carbocycles. The molecular formula is C19H20O6. The second-order valence-corrected chi connectivity index (χ2v) is 6.70. The quantitative estimate of drug-likeness (QED) is 0.331. The second kappa shape index (κ2) is 6.35. The van der Waals surface area contributed by atoms with Gasteiger partial charge in [0, 0.05) is 29.6 Å². The van der Waals surface area contributed by atoms with E-state index in [0.29, 0.717) is 12.0 Å². The number of rotatable bonds is 2. The molecule has 2 bridgehead atoms. The molecule has 2 heterocycles. The maximum absolute atomic E-state index is 12.1. The van der Waals surface area contributed by atoms with Gasteiger partial charge in [0.25, 0.3) is 0 Å². The SMILES string of the molecule is C=C(C)C(=O)O[C@H]1CC2=CC(CC(C)=C[C@H]3OC(=O)C(=C)C13)OC2=O. The van der Waals surface area contributed by atoms with Crippen LogP contribution < -0.4 is 0 Å². The molecule has 0 aromatic heterocycles. The maximum atomic E-state index is 12.1. The van der Waals surface area contributed by atoms with Crippen molar-refractivity contribution >= 4 is 17.9 Å². The summed E-state index contributed by atoms with van der Waals surface area (Å²) in [6.45, 7) is 10.8. The topological polar surface area (TPSA) is 78.9 Å². The summed E-state index contributed by atoms with van der Waals surface area (Å²) < 4.78 is 16.3. The van der Waals surface area contributed by atoms with Gasteiger partial charge in [-0.05, 0) is 26.0 Å². The Labute approximate surface area is 145 Å². The standard InChI is InChI=1S/C19H20O6/c1-9(2)17(20)24-15-8-12-7-13(23-19(12)22)5-10(3)6-14-16(15)11(4)18(21)25-14/h6-7,13-16H,1,4-5,8H2,2-3H3/t13?,14-,15+,16?/m1/s1. The first-order chi connectivity index (χ1) is 11.8. The summed E-state index contributed by atoms with van der Waals surface area (Å²) in [5.74, 6) is -2.09. The van der Waals surface area contributed by atoms with Crippen LogP contribution in [0.3, 0.4) is 0 Å². The minimum atomic E-state index is -0.771. The molecule has 25 heavy (non-hydrogen) atoms. The van der Waals surface area contributed by atoms with E-state index in [2.05, 4.69) is 13.2 Å². The van der Waals surface area contributed by atoms with E-state index >= 15 is 0 Å². The van der Waals surface area contributed by atoms with Crippen LogP contribution in [-0.2, 0) is 28.6 Å². The van der Waals surface area contributed by atoms with E-state index in [1.54, 1.807) is 6.08 Å². The third kappa shape index (κ3) is 3.29. The molecule has 3 rings (SSSR count). The zero-order chi connectivity index (χ0) is 18.3. The number of carbonyl (C=O) groups excluding carboxylic acids is 3. The fourth-order valence-electron chi connectivity index (χ4n) is 3.33. The molecule has 1 fully saturated rings. The lowest BCUT2D eigenvalue weighted by Gasteiger charge is -2.26. The van der Waals surface area contributed by atoms with E-state index < -0.39 is 36.0 Å². The summed E-state index contributed by atoms with van der Waals surface area (Å²) in [6.07, 6.45) is 2.52. The summed E-state index contributed by atoms with van der Waals surface area (Å²) in [7, 11) is 0. The number of ether oxygens (including phenoxy) is 3. The summed E-state index contributed by atoms with van der Waals surface area (Å²) in [5.41, 5.74) is 1.82. The molecule has 0 radical (unpaired) electrons. The van der Waals surface area contributed by atoms with Gasteiger partial charge in [0.1, 0.15) is 18.3 Å². The Kier molecular flexibility index (Phi) is 4.37. The molecule has 1 aliphatic carbocycles. The van der Waals surface area contributed by atoms with Gasteiger partial charge in [0.2, 0.25) is 0 Å². The Morgan fingerprint density at radius 3 is 2.60 bits per heavy atom. The summed E-state index contributed by atoms with van der Waals surface area (Å²) >= 11 is 0. The van der Waals surface area contributed by atoms with Crippen molar-refractivity contribution in [2.75, 3.05) is 0 Å². The van der Waals surface area contributed by atoms with Crippen LogP contribution in [0.2, 0.25) is 0 Å². The Hall–Kier alpha value is -2.63. The van der Waals surface area contributed by atoms with E-state index in [9.17, 15) is 14.4 Å². The average Bonchev–Trinajstić information content (AvgIpc) is 2.98. The van der Waals surface area contributed by atoms with Crippen molar-refractivity contribution in [2.45, 2.75) is 45.0 Å². The van der Waals surface area contributed by atoms with E-state index in [1.807, 2.05) is 13.0 Å². The number of hydrogen-bond acceptors (Lipinski definition) is 6. The smallest absolute Gasteiger partial charge is 0.334 e. The highest BCUT2D eigenvalue weighted by molar-refractivity contribution is 5.93. The molecule has 0 saturated carbocycles. The number of fused-ring (bicyclic) bond motifs is 2. The molecule has 6 heteroatoms. The van der Waals surface area contributed by atoms with Gasteiger partial charge >= 0.3 is 17.9 Å². The summed E-state index contributed by atoms with van der Waals surface area (Å²) in [4.78, 5) is 36.2. The zero-order valence-electron chi connectivity index (χ0n) is 14.2. The normalized spacial score (nSPS) is 31.4. The van der Waals surface area contributed by atoms with Gasteiger partial charge in [0.15, 0.2) is 0 Å². The predicted molar refractivity (Wildman–Crippen MR) is 88.2 cm³/mol. The van der Waals surface area contributed by atoms with Crippen molar-refractivity contribution in [1.82, 2.24) is 0 Å². The van der Waals surface area contributed by atoms with Crippen molar-refractivity contribution in [1.29, 1.82) is 0 Å². The number of hydrogen-bond donors (Lipinski definition) is 0. The van der Waals surface area contributed by atoms with Gasteiger partial charge in [-0.15, -0.1) is 0 Å². The fourth-order valence-corrected chi connectivity index (χ4v) is 3.33. The predicted octanol–water partition coefficient (Wildman–Crippen LogP) is 2.16. The minimum Gasteiger partial charge on any atom is -0.458 e. The third-order valence-corrected chi connectivity index (χ3v) is 4.57. The molecule has 0 N–H and O–H groups in total. The van der Waals surface area contributed by atoms with E-state index in [0.717, 1.165) is 5.57 Å². The molecule has 3 aliphatic rings. The van der Waals surface area contributed by atoms with Crippen LogP contribution in [0.4, 0.5) is 0 Å². The van der Waals surface area contributed by atoms with Crippen LogP contribution in [0.5, 0.6) is 0 Å². The van der Waals surface area contributed by atoms with Crippen LogP contribution in [0.25, 0.3) is 0 Å². The van der Waals surface area contributed by atoms with Crippen LogP contribution in [0.1, 0.15) is 26.7 Å². The first-order valence-corrected chi connectivity index (χ1v) is 8.11. The molecule has 2 unspecified atom stereocenters. The third-order valence-electron chi connectivity index (χ3n) is 4.57. The van der Waals surface area contributed by atoms with Gasteiger partial charge < -0.3 is 14.2 Å². The highest BCUT2D eigenvalue weighted by Crippen LogP contribution is 2.38. The van der Waals surface area contributed by atoms with Gasteiger partial charge in [-0.1, -0.05) is 18.7 Å². The van der Waals surface area contributed by atoms with Gasteiger partial charge in [-0.25, -0.2) is 14.4 Å². The Morgan fingerprint density at radius 2 is 1.92 bits per heavy atom. The highest BCUT2D eigenvalue weighted by Gasteiger charge is 2.46. The maximum Gasteiger partial charge on any atom is 0.334 e. The van der Waals surface area contributed by atoms with Crippen molar-refractivity contribution in [3.05, 3.63) is 47.6 Å². The van der Waals surface area contributed by atoms with Crippen LogP contribution in [0.15, 0.2) is 47.6 Å². The van der Waals surface area contributed by atoms with Crippen molar-refractivity contribution < 1.29 is 28.6 Å². The van der Waals surface area contributed by atoms with Gasteiger partial charge in [-0.2, -0.15) is 0 Å². The first kappa shape index (κ1) is 17.2. The van der Waals surface area contributed by atoms with Gasteiger partial charge in [-0.3, -0.25) is 0 Å². The van der Waals surface area contributed by atoms with E-state index in [-0.39, 0.29) is 23.7 Å². The van der Waals surface area contributed by atoms with Gasteiger partial charge in [0.05, 0.1) is 5.92 Å². The lowest BCUT2D eigenvalue weighted by atomic mass is 9.85. The van der Waals surface area contributed by atoms with Crippen LogP contribution in [0, 0.1) is 5.92 Å². The Morgan fingerprint density at radius 1 is 1.20 bits per heavy atom. The molecule has 4 atom stereocenters. The van der Waals surface area contributed by atoms with E-state index in [1.165, 1.54) is 6.92 Å². The lowest BCUT2D eigenvalue weighted by molar-refractivity contribution is -0.148. The molecular weight excluding hydrogens is 324 g/mol. The zero-order valence-corrected chi connectivity index (χ0v) is 14.2. The molecule has 0 amide bonds. The van der Waals surface area contributed by atoms with Crippen LogP contribution in [-0.4, -0.2) is 36.2 Å². The summed E-state index contributed by atoms with van der Waals surface area (Å²) in [5, 5.41) is 0. The van der Waals surface area contributed by atoms with E-state index in [4.69, 9.17) is 14.2 Å². The Balaban J connectivity index is 2.01. The van der Waals surface area contributed by atoms with Crippen molar-refractivity contribution in [3.63, 3.8) is 0 Å². The minimum absolute atomic E-state index is 0.137. The molecule has 1 saturated heterocycles. The summed E-state index contributed by atoms with van der Waals surface area (Å²) in [6, 6.07) is 0. The number of carbonyl (C=O) groups is 3. The first-order valence-electron chi connectivity index (χ1n) is 8.11. The molecule has 6 nitrogen and oxygen atoms in total. The monoisotopic (exact) mass is 344 g/mol. The highest BCUT2D eigenvalue weighted by atomic mass is 16.6. The largest absolute Gasteiger partial charge is 0.458 e. The van der Waals surface area contributed by atoms with Crippen molar-refractivity contribution in [2.24, 2.45) is 5.92 Å². The molecule has 0 spiro atoms. The molecule has 0 aromatic rings. The Bertz CT molecular complexity index is 741. The average molecular weight is 344 g/mol. The number of esters is 3. The molecule has 132 valence electrons. The lowest BCUT2D eigenvalue weighted by Crippen LogP contribution is -2.34. The second-order valence-electron chi connectivity index (χ2n) is 6.70. The van der Waals surface area contributed by atoms with Crippen molar-refractivity contribution in [3.8, 4) is 0 Å². The molecule has 2 aliphatic heterocycles. The fraction of sp³-hybridized carbons (Fsp3) is 0.421.